The van der Waals surface area contributed by atoms with Crippen molar-refractivity contribution in [3.8, 4) is 5.75 Å². The Morgan fingerprint density at radius 2 is 1.89 bits per heavy atom. The number of nitrogens with two attached hydrogens (primary N) is 1. The molecule has 0 saturated heterocycles. The van der Waals surface area contributed by atoms with Gasteiger partial charge in [-0.05, 0) is 38.8 Å². The molecule has 9 heteroatoms. The summed E-state index contributed by atoms with van der Waals surface area (Å²) in [5.74, 6) is 0.807. The Hall–Kier alpha value is -2.28. The van der Waals surface area contributed by atoms with E-state index >= 15 is 0 Å². The molecule has 2 rings (SSSR count). The van der Waals surface area contributed by atoms with Crippen LogP contribution in [0.2, 0.25) is 0 Å². The number of aryl methyl sites for hydroxylation is 1. The van der Waals surface area contributed by atoms with Crippen LogP contribution >= 0.6 is 7.60 Å². The highest BCUT2D eigenvalue weighted by Crippen LogP contribution is 2.42. The van der Waals surface area contributed by atoms with Gasteiger partial charge in [0.25, 0.3) is 0 Å². The van der Waals surface area contributed by atoms with Gasteiger partial charge in [-0.15, -0.1) is 0 Å². The molecule has 8 nitrogen and oxygen atoms in total. The van der Waals surface area contributed by atoms with Crippen LogP contribution in [0.5, 0.6) is 5.75 Å². The molecule has 0 amide bonds. The first-order valence-electron chi connectivity index (χ1n) is 9.06. The third kappa shape index (κ3) is 8.61. The molecule has 1 atom stereocenters. The van der Waals surface area contributed by atoms with Crippen molar-refractivity contribution < 1.29 is 18.7 Å². The molecule has 0 fully saturated rings. The van der Waals surface area contributed by atoms with E-state index in [1.165, 1.54) is 6.33 Å². The van der Waals surface area contributed by atoms with Gasteiger partial charge in [0.05, 0.1) is 11.8 Å². The average molecular weight is 408 g/mol. The summed E-state index contributed by atoms with van der Waals surface area (Å²) < 4.78 is 22.1. The standard InChI is InChI=1S/C12H19O4P.C7H10N4/c1-3-11(4-2)15-10-17(13,14)16-12-8-6-5-7-9-12;1-3-9-6-5(2)10-4-11-7(6)8/h5-9,11H,3-4,10H2,1-2H3,(H,13,14);3-4H,1-2H3,(H2,8,10,11). The third-order valence-electron chi connectivity index (χ3n) is 3.67. The van der Waals surface area contributed by atoms with Crippen molar-refractivity contribution in [2.24, 2.45) is 4.99 Å². The zero-order valence-corrected chi connectivity index (χ0v) is 17.7. The Morgan fingerprint density at radius 3 is 2.43 bits per heavy atom. The Balaban J connectivity index is 0.000000307. The molecule has 28 heavy (non-hydrogen) atoms. The predicted molar refractivity (Wildman–Crippen MR) is 112 cm³/mol. The molecule has 0 aliphatic carbocycles. The summed E-state index contributed by atoms with van der Waals surface area (Å²) in [6.45, 7) is 7.63. The first kappa shape index (κ1) is 23.8. The summed E-state index contributed by atoms with van der Waals surface area (Å²) in [6, 6.07) is 8.59. The summed E-state index contributed by atoms with van der Waals surface area (Å²) in [4.78, 5) is 21.4. The Bertz CT molecular complexity index is 763. The molecule has 0 bridgehead atoms. The van der Waals surface area contributed by atoms with Crippen LogP contribution in [-0.2, 0) is 9.30 Å². The van der Waals surface area contributed by atoms with Crippen LogP contribution in [0.1, 0.15) is 39.3 Å². The minimum absolute atomic E-state index is 0.00912. The molecule has 1 aromatic heterocycles. The normalized spacial score (nSPS) is 13.1. The van der Waals surface area contributed by atoms with Gasteiger partial charge in [0, 0.05) is 6.21 Å². The van der Waals surface area contributed by atoms with Crippen LogP contribution < -0.4 is 10.3 Å². The van der Waals surface area contributed by atoms with E-state index in [9.17, 15) is 9.46 Å². The van der Waals surface area contributed by atoms with Gasteiger partial charge in [-0.1, -0.05) is 32.0 Å². The van der Waals surface area contributed by atoms with Crippen molar-refractivity contribution in [1.29, 1.82) is 0 Å². The highest BCUT2D eigenvalue weighted by Gasteiger charge is 2.22. The number of hydrogen-bond donors (Lipinski definition) is 2. The van der Waals surface area contributed by atoms with Crippen LogP contribution in [0.15, 0.2) is 41.7 Å². The molecule has 2 aromatic rings. The molecule has 0 aliphatic heterocycles. The van der Waals surface area contributed by atoms with Crippen molar-refractivity contribution in [2.75, 3.05) is 12.1 Å². The second kappa shape index (κ2) is 12.2. The maximum Gasteiger partial charge on any atom is 0.402 e. The molecule has 3 N–H and O–H groups in total. The number of ether oxygens (including phenoxy) is 1. The van der Waals surface area contributed by atoms with Crippen molar-refractivity contribution in [3.05, 3.63) is 42.4 Å². The average Bonchev–Trinajstić information content (AvgIpc) is 2.67. The molecule has 0 aliphatic rings. The zero-order valence-electron chi connectivity index (χ0n) is 16.8. The third-order valence-corrected chi connectivity index (χ3v) is 4.64. The fourth-order valence-electron chi connectivity index (χ4n) is 2.17. The monoisotopic (exact) mass is 408 g/mol. The van der Waals surface area contributed by atoms with Gasteiger partial charge in [0.15, 0.2) is 12.2 Å². The molecule has 154 valence electrons. The number of para-hydroxylation sites is 1. The molecular weight excluding hydrogens is 379 g/mol. The van der Waals surface area contributed by atoms with Gasteiger partial charge in [-0.3, -0.25) is 4.99 Å². The fraction of sp³-hybridized carbons (Fsp3) is 0.421. The highest BCUT2D eigenvalue weighted by molar-refractivity contribution is 7.53. The SMILES string of the molecule is CC=Nc1c(C)ncnc1N.CCC(CC)OCP(=O)(O)Oc1ccccc1. The quantitative estimate of drug-likeness (QED) is 0.487. The number of rotatable bonds is 8. The van der Waals surface area contributed by atoms with Gasteiger partial charge in [0.1, 0.15) is 17.8 Å². The van der Waals surface area contributed by atoms with Crippen LogP contribution in [0.4, 0.5) is 11.5 Å². The molecule has 0 spiro atoms. The number of benzene rings is 1. The van der Waals surface area contributed by atoms with Crippen LogP contribution in [0.25, 0.3) is 0 Å². The topological polar surface area (TPSA) is 120 Å². The zero-order chi connectivity index (χ0) is 21.0. The van der Waals surface area contributed by atoms with Gasteiger partial charge in [0.2, 0.25) is 0 Å². The van der Waals surface area contributed by atoms with Crippen LogP contribution in [-0.4, -0.2) is 33.5 Å². The number of hydrogen-bond acceptors (Lipinski definition) is 7. The highest BCUT2D eigenvalue weighted by atomic mass is 31.2. The Morgan fingerprint density at radius 1 is 1.25 bits per heavy atom. The maximum atomic E-state index is 11.7. The summed E-state index contributed by atoms with van der Waals surface area (Å²) in [5.41, 5.74) is 7.01. The van der Waals surface area contributed by atoms with E-state index in [1.807, 2.05) is 33.8 Å². The van der Waals surface area contributed by atoms with Gasteiger partial charge in [-0.25, -0.2) is 14.5 Å². The largest absolute Gasteiger partial charge is 0.423 e. The maximum absolute atomic E-state index is 11.7. The number of anilines is 1. The lowest BCUT2D eigenvalue weighted by atomic mass is 10.2. The summed E-state index contributed by atoms with van der Waals surface area (Å²) in [5, 5.41) is 0. The second-order valence-electron chi connectivity index (χ2n) is 5.86. The number of nitrogens with zero attached hydrogens (tertiary/aromatic N) is 3. The van der Waals surface area contributed by atoms with Crippen molar-refractivity contribution in [1.82, 2.24) is 9.97 Å². The van der Waals surface area contributed by atoms with E-state index in [-0.39, 0.29) is 12.5 Å². The van der Waals surface area contributed by atoms with E-state index in [0.717, 1.165) is 18.5 Å². The van der Waals surface area contributed by atoms with Gasteiger partial charge >= 0.3 is 7.60 Å². The number of nitrogen functional groups attached to an aromatic ring is 1. The van der Waals surface area contributed by atoms with E-state index in [2.05, 4.69) is 15.0 Å². The van der Waals surface area contributed by atoms with E-state index in [1.54, 1.807) is 30.5 Å². The van der Waals surface area contributed by atoms with E-state index in [4.69, 9.17) is 15.0 Å². The Labute approximate surface area is 166 Å². The first-order chi connectivity index (χ1) is 13.3. The lowest BCUT2D eigenvalue weighted by Crippen LogP contribution is -2.12. The van der Waals surface area contributed by atoms with Crippen molar-refractivity contribution in [3.63, 3.8) is 0 Å². The van der Waals surface area contributed by atoms with Crippen LogP contribution in [0, 0.1) is 6.92 Å². The molecule has 1 aromatic carbocycles. The van der Waals surface area contributed by atoms with E-state index < -0.39 is 7.60 Å². The predicted octanol–water partition coefficient (Wildman–Crippen LogP) is 4.50. The summed E-state index contributed by atoms with van der Waals surface area (Å²) >= 11 is 0. The molecule has 1 unspecified atom stereocenters. The van der Waals surface area contributed by atoms with Crippen molar-refractivity contribution in [2.45, 2.75) is 46.6 Å². The first-order valence-corrected chi connectivity index (χ1v) is 10.8. The smallest absolute Gasteiger partial charge is 0.402 e. The minimum Gasteiger partial charge on any atom is -0.423 e. The minimum atomic E-state index is -3.72. The summed E-state index contributed by atoms with van der Waals surface area (Å²) in [6.07, 6.45) is 4.48. The fourth-order valence-corrected chi connectivity index (χ4v) is 3.07. The summed E-state index contributed by atoms with van der Waals surface area (Å²) in [7, 11) is -3.72. The van der Waals surface area contributed by atoms with Crippen LogP contribution in [0.3, 0.4) is 0 Å². The molecular formula is C19H29N4O4P. The van der Waals surface area contributed by atoms with Gasteiger partial charge < -0.3 is 19.9 Å². The molecule has 0 radical (unpaired) electrons. The lowest BCUT2D eigenvalue weighted by Gasteiger charge is -2.17. The number of aromatic nitrogens is 2. The Kier molecular flexibility index (Phi) is 10.4. The van der Waals surface area contributed by atoms with Crippen molar-refractivity contribution >= 4 is 25.3 Å². The lowest BCUT2D eigenvalue weighted by molar-refractivity contribution is 0.0704. The van der Waals surface area contributed by atoms with Gasteiger partial charge in [-0.2, -0.15) is 0 Å². The second-order valence-corrected chi connectivity index (χ2v) is 7.57. The number of aliphatic imine (C=N–C) groups is 1. The molecule has 0 saturated carbocycles. The van der Waals surface area contributed by atoms with E-state index in [0.29, 0.717) is 17.3 Å². The molecule has 1 heterocycles.